The zero-order valence-corrected chi connectivity index (χ0v) is 51.2. The summed E-state index contributed by atoms with van der Waals surface area (Å²) in [6, 6.07) is 61.1. The Morgan fingerprint density at radius 3 is 1.74 bits per heavy atom. The Kier molecular flexibility index (Phi) is 11.2. The minimum absolute atomic E-state index is 0.0161. The molecule has 5 heteroatoms. The van der Waals surface area contributed by atoms with Crippen molar-refractivity contribution in [1.29, 1.82) is 0 Å². The van der Waals surface area contributed by atoms with Crippen LogP contribution in [0.15, 0.2) is 243 Å². The summed E-state index contributed by atoms with van der Waals surface area (Å²) in [5, 5.41) is 0.843. The molecule has 5 nitrogen and oxygen atoms in total. The van der Waals surface area contributed by atoms with Crippen LogP contribution in [-0.4, -0.2) is 16.2 Å². The quantitative estimate of drug-likeness (QED) is 0.137. The Morgan fingerprint density at radius 1 is 0.448 bits per heavy atom. The van der Waals surface area contributed by atoms with Gasteiger partial charge in [0.05, 0.1) is 40.4 Å². The van der Waals surface area contributed by atoms with Crippen molar-refractivity contribution in [3.8, 4) is 73.0 Å². The van der Waals surface area contributed by atoms with Crippen LogP contribution in [0.3, 0.4) is 0 Å². The lowest BCUT2D eigenvalue weighted by Crippen LogP contribution is -2.33. The molecule has 0 amide bonds. The maximum atomic E-state index is 9.38. The van der Waals surface area contributed by atoms with E-state index in [2.05, 4.69) is 198 Å². The first kappa shape index (κ1) is 45.9. The smallest absolute Gasteiger partial charge is 0.137 e. The highest BCUT2D eigenvalue weighted by Gasteiger charge is 2.39. The molecule has 0 spiro atoms. The number of pyridine rings is 1. The van der Waals surface area contributed by atoms with E-state index >= 15 is 0 Å². The van der Waals surface area contributed by atoms with Crippen molar-refractivity contribution in [2.24, 2.45) is 0 Å². The molecule has 12 aromatic rings. The molecule has 2 aliphatic rings. The number of ether oxygens (including phenoxy) is 1. The Balaban J connectivity index is 0.920. The average Bonchev–Trinajstić information content (AvgIpc) is 1.56. The van der Waals surface area contributed by atoms with Gasteiger partial charge in [-0.2, -0.15) is 0 Å². The molecular formula is C82H76N4O. The van der Waals surface area contributed by atoms with Gasteiger partial charge in [-0.25, -0.2) is 4.98 Å². The van der Waals surface area contributed by atoms with E-state index in [-0.39, 0.29) is 57.5 Å². The number of hydrogen-bond donors (Lipinski definition) is 0. The van der Waals surface area contributed by atoms with Crippen LogP contribution in [0.2, 0.25) is 0 Å². The Bertz CT molecular complexity index is 5070. The molecule has 0 fully saturated rings. The third-order valence-corrected chi connectivity index (χ3v) is 18.0. The second-order valence-corrected chi connectivity index (χ2v) is 26.9. The van der Waals surface area contributed by atoms with Crippen LogP contribution in [0.4, 0.5) is 22.7 Å². The number of para-hydroxylation sites is 3. The van der Waals surface area contributed by atoms with Crippen LogP contribution in [-0.2, 0) is 21.7 Å². The lowest BCUT2D eigenvalue weighted by atomic mass is 9.63. The summed E-state index contributed by atoms with van der Waals surface area (Å²) in [5.74, 6) is 1.29. The molecule has 2 aromatic heterocycles. The first-order valence-corrected chi connectivity index (χ1v) is 30.2. The topological polar surface area (TPSA) is 33.5 Å². The molecule has 3 heterocycles. The summed E-state index contributed by atoms with van der Waals surface area (Å²) < 4.78 is 88.2. The molecule has 430 valence electrons. The van der Waals surface area contributed by atoms with Gasteiger partial charge in [-0.1, -0.05) is 215 Å². The van der Waals surface area contributed by atoms with Crippen molar-refractivity contribution in [1.82, 2.24) is 9.55 Å². The van der Waals surface area contributed by atoms with E-state index in [1.807, 2.05) is 57.2 Å². The normalized spacial score (nSPS) is 16.0. The van der Waals surface area contributed by atoms with E-state index in [0.717, 1.165) is 74.5 Å². The lowest BCUT2D eigenvalue weighted by Gasteiger charge is -2.42. The number of anilines is 4. The van der Waals surface area contributed by atoms with Crippen LogP contribution < -0.4 is 14.5 Å². The van der Waals surface area contributed by atoms with Crippen LogP contribution in [0.25, 0.3) is 83.3 Å². The molecule has 0 atom stereocenters. The highest BCUT2D eigenvalue weighted by Crippen LogP contribution is 2.54. The highest BCUT2D eigenvalue weighted by molar-refractivity contribution is 6.09. The number of benzene rings is 10. The van der Waals surface area contributed by atoms with Crippen molar-refractivity contribution < 1.29 is 17.1 Å². The summed E-state index contributed by atoms with van der Waals surface area (Å²) in [6.07, 6.45) is 3.71. The van der Waals surface area contributed by atoms with Crippen molar-refractivity contribution in [3.05, 3.63) is 265 Å². The molecule has 14 rings (SSSR count). The SMILES string of the molecule is [2H]c1c([2H])c([2H])c(-c2cnc(-n3c4cc(Oc5cccc(N6CN(c7c(-c8cc(-c9ccccc9)cc(-c9ccccc9)c8)cc(C(C)(C)C)cc7-c7ccc8c(c7)C(C)(C)CCC8(C)C)c7ccccc76)c5)ccc4c4c([2H])c([2H])c([2H])c([2H])c43)cc2C(C)(C)C)c([2H])c1[2H]. The van der Waals surface area contributed by atoms with Crippen LogP contribution in [0.1, 0.15) is 117 Å². The average molecular weight is 1140 g/mol. The van der Waals surface area contributed by atoms with E-state index < -0.39 is 29.6 Å². The van der Waals surface area contributed by atoms with Gasteiger partial charge < -0.3 is 14.5 Å². The van der Waals surface area contributed by atoms with E-state index in [4.69, 9.17) is 19.3 Å². The van der Waals surface area contributed by atoms with Gasteiger partial charge in [0.15, 0.2) is 0 Å². The number of hydrogen-bond acceptors (Lipinski definition) is 4. The van der Waals surface area contributed by atoms with E-state index in [9.17, 15) is 2.74 Å². The molecule has 0 unspecified atom stereocenters. The number of aromatic nitrogens is 2. The van der Waals surface area contributed by atoms with Crippen molar-refractivity contribution in [3.63, 3.8) is 0 Å². The minimum atomic E-state index is -0.667. The predicted molar refractivity (Wildman–Crippen MR) is 367 cm³/mol. The van der Waals surface area contributed by atoms with E-state index in [1.165, 1.54) is 28.5 Å². The molecule has 1 aliphatic heterocycles. The Morgan fingerprint density at radius 2 is 1.06 bits per heavy atom. The fourth-order valence-corrected chi connectivity index (χ4v) is 13.2. The summed E-state index contributed by atoms with van der Waals surface area (Å²) in [7, 11) is 0. The molecule has 0 saturated heterocycles. The minimum Gasteiger partial charge on any atom is -0.457 e. The molecule has 0 saturated carbocycles. The Hall–Kier alpha value is -9.45. The lowest BCUT2D eigenvalue weighted by molar-refractivity contribution is 0.332. The van der Waals surface area contributed by atoms with Crippen LogP contribution in [0, 0.1) is 0 Å². The van der Waals surface area contributed by atoms with Gasteiger partial charge >= 0.3 is 0 Å². The molecular weight excluding hydrogens is 1060 g/mol. The third-order valence-electron chi connectivity index (χ3n) is 18.0. The summed E-state index contributed by atoms with van der Waals surface area (Å²) >= 11 is 0. The first-order chi connectivity index (χ1) is 45.6. The summed E-state index contributed by atoms with van der Waals surface area (Å²) in [4.78, 5) is 9.76. The van der Waals surface area contributed by atoms with Gasteiger partial charge in [0.2, 0.25) is 0 Å². The molecule has 0 bridgehead atoms. The second-order valence-electron chi connectivity index (χ2n) is 26.9. The largest absolute Gasteiger partial charge is 0.457 e. The Labute approximate surface area is 526 Å². The van der Waals surface area contributed by atoms with Crippen molar-refractivity contribution >= 4 is 44.6 Å². The third kappa shape index (κ3) is 10.2. The van der Waals surface area contributed by atoms with Gasteiger partial charge in [0.1, 0.15) is 24.0 Å². The summed E-state index contributed by atoms with van der Waals surface area (Å²) in [5.41, 5.74) is 17.9. The predicted octanol–water partition coefficient (Wildman–Crippen LogP) is 22.5. The van der Waals surface area contributed by atoms with Gasteiger partial charge in [0.25, 0.3) is 0 Å². The highest BCUT2D eigenvalue weighted by atomic mass is 16.5. The molecule has 0 N–H and O–H groups in total. The molecule has 1 aliphatic carbocycles. The van der Waals surface area contributed by atoms with E-state index in [1.54, 1.807) is 10.6 Å². The monoisotopic (exact) mass is 1140 g/mol. The van der Waals surface area contributed by atoms with Crippen LogP contribution >= 0.6 is 0 Å². The fraction of sp³-hybridized carbons (Fsp3) is 0.207. The number of fused-ring (bicyclic) bond motifs is 5. The molecule has 10 aromatic carbocycles. The zero-order valence-electron chi connectivity index (χ0n) is 60.2. The standard InChI is InChI=1S/C82H76N4O/c1-79(2,3)61-47-67(57-37-40-70-72(46-57)82(9,10)42-41-81(70,7)8)78(68(48-61)60-44-58(54-25-14-11-15-26-54)43-59(45-60)55-27-16-12-17-28-55)85-53-84(74-35-22-23-36-75(74)85)62-31-24-32-63(49-62)87-64-38-39-66-65-33-20-21-34-73(65)86(76(66)50-64)77-51-71(80(4,5)6)69(52-83-77)56-29-18-13-19-30-56/h11-40,43-52H,41-42,53H2,1-10H3/i13D,18D,19D,20D,21D,29D,30D,33D,34D. The second kappa shape index (κ2) is 21.2. The summed E-state index contributed by atoms with van der Waals surface area (Å²) in [6.45, 7) is 22.8. The molecule has 0 radical (unpaired) electrons. The number of rotatable bonds is 10. The van der Waals surface area contributed by atoms with Gasteiger partial charge in [-0.05, 0) is 175 Å². The maximum absolute atomic E-state index is 9.38. The van der Waals surface area contributed by atoms with E-state index in [0.29, 0.717) is 51.4 Å². The van der Waals surface area contributed by atoms with Crippen LogP contribution in [0.5, 0.6) is 11.5 Å². The van der Waals surface area contributed by atoms with Gasteiger partial charge in [-0.15, -0.1) is 0 Å². The molecule has 87 heavy (non-hydrogen) atoms. The first-order valence-electron chi connectivity index (χ1n) is 34.7. The maximum Gasteiger partial charge on any atom is 0.137 e. The van der Waals surface area contributed by atoms with Crippen molar-refractivity contribution in [2.75, 3.05) is 16.5 Å². The zero-order chi connectivity index (χ0) is 67.8. The number of nitrogens with zero attached hydrogens (tertiary/aromatic N) is 4. The van der Waals surface area contributed by atoms with Crippen molar-refractivity contribution in [2.45, 2.75) is 104 Å². The van der Waals surface area contributed by atoms with Gasteiger partial charge in [-0.3, -0.25) is 4.57 Å². The van der Waals surface area contributed by atoms with Gasteiger partial charge in [0, 0.05) is 51.5 Å². The fourth-order valence-electron chi connectivity index (χ4n) is 13.2.